The van der Waals surface area contributed by atoms with Gasteiger partial charge in [-0.25, -0.2) is 4.98 Å². The molecular weight excluding hydrogens is 484 g/mol. The summed E-state index contributed by atoms with van der Waals surface area (Å²) in [4.78, 5) is 23.0. The maximum atomic E-state index is 13.3. The van der Waals surface area contributed by atoms with Crippen LogP contribution in [0.3, 0.4) is 0 Å². The van der Waals surface area contributed by atoms with Gasteiger partial charge in [0.2, 0.25) is 0 Å². The zero-order valence-corrected chi connectivity index (χ0v) is 21.1. The summed E-state index contributed by atoms with van der Waals surface area (Å²) in [5.74, 6) is -0.109. The molecule has 2 aliphatic rings. The summed E-state index contributed by atoms with van der Waals surface area (Å²) in [7, 11) is 0. The number of allylic oxidation sites excluding steroid dienone is 1. The van der Waals surface area contributed by atoms with E-state index in [2.05, 4.69) is 16.4 Å². The predicted molar refractivity (Wildman–Crippen MR) is 131 cm³/mol. The number of halogens is 1. The molecule has 33 heavy (non-hydrogen) atoms. The van der Waals surface area contributed by atoms with Crippen LogP contribution in [-0.4, -0.2) is 29.5 Å². The topological polar surface area (TPSA) is 78.9 Å². The zero-order chi connectivity index (χ0) is 23.4. The minimum absolute atomic E-state index is 0.225. The van der Waals surface area contributed by atoms with Gasteiger partial charge in [-0.05, 0) is 50.3 Å². The summed E-state index contributed by atoms with van der Waals surface area (Å²) in [5, 5.41) is 5.72. The first kappa shape index (κ1) is 24.5. The van der Waals surface area contributed by atoms with Gasteiger partial charge in [0.1, 0.15) is 6.10 Å². The molecule has 1 saturated carbocycles. The molecule has 7 nitrogen and oxygen atoms in total. The normalized spacial score (nSPS) is 20.8. The van der Waals surface area contributed by atoms with Crippen molar-refractivity contribution in [3.05, 3.63) is 45.9 Å². The third-order valence-electron chi connectivity index (χ3n) is 5.56. The molecule has 178 valence electrons. The van der Waals surface area contributed by atoms with Crippen molar-refractivity contribution in [2.45, 2.75) is 51.4 Å². The van der Waals surface area contributed by atoms with Gasteiger partial charge in [-0.3, -0.25) is 10.1 Å². The summed E-state index contributed by atoms with van der Waals surface area (Å²) in [5.41, 5.74) is 2.03. The molecular formula is C23H27ClN2O5S2. The SMILES string of the molecule is CSOOc1ccc(/C(=C\C2CCCC2)C(=O)Nc2nc(C3COC(C)(C)O3)cs2)cc1Cl. The highest BCUT2D eigenvalue weighted by molar-refractivity contribution is 7.93. The molecule has 1 saturated heterocycles. The monoisotopic (exact) mass is 510 g/mol. The fraction of sp³-hybridized carbons (Fsp3) is 0.478. The molecule has 0 bridgehead atoms. The van der Waals surface area contributed by atoms with Gasteiger partial charge in [-0.2, -0.15) is 0 Å². The number of carbonyl (C=O) groups excluding carboxylic acids is 1. The fourth-order valence-corrected chi connectivity index (χ4v) is 5.06. The lowest BCUT2D eigenvalue weighted by Crippen LogP contribution is -2.19. The Morgan fingerprint density at radius 1 is 1.36 bits per heavy atom. The summed E-state index contributed by atoms with van der Waals surface area (Å²) in [6, 6.07) is 5.23. The second-order valence-corrected chi connectivity index (χ2v) is 10.2. The first-order chi connectivity index (χ1) is 15.8. The lowest BCUT2D eigenvalue weighted by molar-refractivity contribution is -0.139. The van der Waals surface area contributed by atoms with Crippen LogP contribution in [0, 0.1) is 5.92 Å². The first-order valence-corrected chi connectivity index (χ1v) is 13.2. The van der Waals surface area contributed by atoms with Crippen LogP contribution >= 0.6 is 35.0 Å². The summed E-state index contributed by atoms with van der Waals surface area (Å²) < 4.78 is 16.4. The number of anilines is 1. The van der Waals surface area contributed by atoms with E-state index in [1.807, 2.05) is 25.3 Å². The third kappa shape index (κ3) is 6.29. The molecule has 1 atom stereocenters. The maximum absolute atomic E-state index is 13.3. The quantitative estimate of drug-likeness (QED) is 0.190. The van der Waals surface area contributed by atoms with Gasteiger partial charge in [-0.15, -0.1) is 15.7 Å². The predicted octanol–water partition coefficient (Wildman–Crippen LogP) is 6.42. The van der Waals surface area contributed by atoms with Crippen molar-refractivity contribution in [1.29, 1.82) is 0 Å². The molecule has 1 unspecified atom stereocenters. The standard InChI is InChI=1S/C23H27ClN2O5S2/c1-23(2)28-12-20(29-23)18-13-33-22(25-18)26-21(27)16(10-14-6-4-5-7-14)15-8-9-19(17(24)11-15)30-31-32-3/h8-11,13-14,20H,4-7,12H2,1-3H3,(H,25,26,27)/b16-10+. The van der Waals surface area contributed by atoms with E-state index >= 15 is 0 Å². The highest BCUT2D eigenvalue weighted by Crippen LogP contribution is 2.36. The van der Waals surface area contributed by atoms with Crippen molar-refractivity contribution >= 4 is 51.6 Å². The van der Waals surface area contributed by atoms with Gasteiger partial charge in [0.25, 0.3) is 5.91 Å². The molecule has 1 aliphatic heterocycles. The number of rotatable bonds is 8. The van der Waals surface area contributed by atoms with Gasteiger partial charge in [0.05, 0.1) is 17.3 Å². The van der Waals surface area contributed by atoms with E-state index in [0.717, 1.165) is 30.6 Å². The summed E-state index contributed by atoms with van der Waals surface area (Å²) >= 11 is 8.82. The van der Waals surface area contributed by atoms with Crippen LogP contribution in [-0.2, 0) is 18.6 Å². The van der Waals surface area contributed by atoms with Crippen LogP contribution in [0.2, 0.25) is 5.02 Å². The molecule has 1 aromatic heterocycles. The van der Waals surface area contributed by atoms with E-state index in [0.29, 0.717) is 39.6 Å². The molecule has 1 N–H and O–H groups in total. The molecule has 1 aliphatic carbocycles. The summed E-state index contributed by atoms with van der Waals surface area (Å²) in [6.45, 7) is 4.18. The maximum Gasteiger partial charge on any atom is 0.257 e. The van der Waals surface area contributed by atoms with Crippen LogP contribution in [0.25, 0.3) is 5.57 Å². The number of nitrogens with zero attached hydrogens (tertiary/aromatic N) is 1. The number of benzene rings is 1. The average Bonchev–Trinajstić information content (AvgIpc) is 3.52. The van der Waals surface area contributed by atoms with Crippen LogP contribution in [0.1, 0.15) is 56.9 Å². The Morgan fingerprint density at radius 3 is 2.82 bits per heavy atom. The van der Waals surface area contributed by atoms with Gasteiger partial charge in [-0.1, -0.05) is 36.6 Å². The molecule has 10 heteroatoms. The van der Waals surface area contributed by atoms with E-state index < -0.39 is 5.79 Å². The number of nitrogens with one attached hydrogen (secondary N) is 1. The molecule has 2 fully saturated rings. The number of amides is 1. The van der Waals surface area contributed by atoms with Crippen LogP contribution in [0.15, 0.2) is 29.7 Å². The van der Waals surface area contributed by atoms with Crippen LogP contribution in [0.4, 0.5) is 5.13 Å². The highest BCUT2D eigenvalue weighted by atomic mass is 35.5. The van der Waals surface area contributed by atoms with E-state index in [-0.39, 0.29) is 12.0 Å². The van der Waals surface area contributed by atoms with Crippen molar-refractivity contribution in [3.63, 3.8) is 0 Å². The van der Waals surface area contributed by atoms with Gasteiger partial charge >= 0.3 is 0 Å². The van der Waals surface area contributed by atoms with E-state index in [1.165, 1.54) is 24.2 Å². The zero-order valence-electron chi connectivity index (χ0n) is 18.8. The largest absolute Gasteiger partial charge is 0.347 e. The Bertz CT molecular complexity index is 1020. The fourth-order valence-electron chi connectivity index (χ4n) is 3.96. The number of aromatic nitrogens is 1. The molecule has 4 rings (SSSR count). The summed E-state index contributed by atoms with van der Waals surface area (Å²) in [6.07, 6.45) is 8.04. The Labute approximate surface area is 206 Å². The van der Waals surface area contributed by atoms with E-state index in [4.69, 9.17) is 30.3 Å². The van der Waals surface area contributed by atoms with E-state index in [9.17, 15) is 4.79 Å². The van der Waals surface area contributed by atoms with Crippen LogP contribution in [0.5, 0.6) is 5.75 Å². The van der Waals surface area contributed by atoms with Crippen molar-refractivity contribution in [2.24, 2.45) is 5.92 Å². The Kier molecular flexibility index (Phi) is 7.99. The second kappa shape index (κ2) is 10.8. The Balaban J connectivity index is 1.53. The molecule has 0 radical (unpaired) electrons. The lowest BCUT2D eigenvalue weighted by atomic mass is 9.98. The van der Waals surface area contributed by atoms with Gasteiger partial charge < -0.3 is 14.4 Å². The van der Waals surface area contributed by atoms with Gasteiger partial charge in [0, 0.05) is 29.3 Å². The van der Waals surface area contributed by atoms with Crippen molar-refractivity contribution in [1.82, 2.24) is 4.98 Å². The Hall–Kier alpha value is -1.62. The first-order valence-electron chi connectivity index (χ1n) is 10.8. The number of ether oxygens (including phenoxy) is 2. The number of hydrogen-bond donors (Lipinski definition) is 1. The van der Waals surface area contributed by atoms with Crippen molar-refractivity contribution in [2.75, 3.05) is 18.2 Å². The lowest BCUT2D eigenvalue weighted by Gasteiger charge is -2.16. The number of thiazole rings is 1. The highest BCUT2D eigenvalue weighted by Gasteiger charge is 2.35. The minimum atomic E-state index is -0.634. The third-order valence-corrected chi connectivity index (χ3v) is 6.84. The number of carbonyl (C=O) groups is 1. The molecule has 2 aromatic rings. The molecule has 1 amide bonds. The number of hydrogen-bond acceptors (Lipinski definition) is 8. The second-order valence-electron chi connectivity index (χ2n) is 8.44. The minimum Gasteiger partial charge on any atom is -0.347 e. The van der Waals surface area contributed by atoms with Crippen molar-refractivity contribution in [3.8, 4) is 5.75 Å². The average molecular weight is 511 g/mol. The van der Waals surface area contributed by atoms with Crippen LogP contribution < -0.4 is 10.2 Å². The Morgan fingerprint density at radius 2 is 2.15 bits per heavy atom. The smallest absolute Gasteiger partial charge is 0.257 e. The van der Waals surface area contributed by atoms with E-state index in [1.54, 1.807) is 18.4 Å². The molecule has 0 spiro atoms. The molecule has 2 heterocycles. The van der Waals surface area contributed by atoms with Gasteiger partial charge in [0.15, 0.2) is 16.7 Å². The molecule has 1 aromatic carbocycles. The van der Waals surface area contributed by atoms with Crippen molar-refractivity contribution < 1.29 is 23.5 Å².